The average molecular weight is 340 g/mol. The average Bonchev–Trinajstić information content (AvgIpc) is 2.98. The van der Waals surface area contributed by atoms with E-state index in [0.29, 0.717) is 13.1 Å². The van der Waals surface area contributed by atoms with Gasteiger partial charge in [-0.1, -0.05) is 12.8 Å². The predicted octanol–water partition coefficient (Wildman–Crippen LogP) is 2.77. The predicted molar refractivity (Wildman–Crippen MR) is 87.8 cm³/mol. The van der Waals surface area contributed by atoms with E-state index in [2.05, 4.69) is 4.98 Å². The molecule has 1 saturated carbocycles. The maximum absolute atomic E-state index is 12.5. The summed E-state index contributed by atoms with van der Waals surface area (Å²) in [7, 11) is 1.87. The lowest BCUT2D eigenvalue weighted by atomic mass is 9.85. The molecule has 1 amide bonds. The Hall–Kier alpha value is -0.360. The van der Waals surface area contributed by atoms with Crippen molar-refractivity contribution < 1.29 is 4.79 Å². The van der Waals surface area contributed by atoms with Crippen molar-refractivity contribution in [3.8, 4) is 0 Å². The van der Waals surface area contributed by atoms with Gasteiger partial charge in [0.2, 0.25) is 5.91 Å². The number of aryl methyl sites for hydroxylation is 1. The van der Waals surface area contributed by atoms with Crippen LogP contribution in [0.2, 0.25) is 0 Å². The van der Waals surface area contributed by atoms with Gasteiger partial charge in [-0.15, -0.1) is 36.2 Å². The maximum atomic E-state index is 12.5. The highest BCUT2D eigenvalue weighted by Gasteiger charge is 2.41. The first-order chi connectivity index (χ1) is 8.57. The Labute approximate surface area is 137 Å². The zero-order chi connectivity index (χ0) is 13.2. The van der Waals surface area contributed by atoms with E-state index in [1.807, 2.05) is 25.1 Å². The second-order valence-corrected chi connectivity index (χ2v) is 6.52. The van der Waals surface area contributed by atoms with Crippen LogP contribution in [-0.2, 0) is 11.3 Å². The summed E-state index contributed by atoms with van der Waals surface area (Å²) in [6.45, 7) is 3.10. The molecule has 1 aliphatic carbocycles. The van der Waals surface area contributed by atoms with Crippen LogP contribution in [0, 0.1) is 12.3 Å². The highest BCUT2D eigenvalue weighted by molar-refractivity contribution is 7.11. The second kappa shape index (κ2) is 8.17. The molecule has 0 radical (unpaired) electrons. The first kappa shape index (κ1) is 19.6. The lowest BCUT2D eigenvalue weighted by Gasteiger charge is -2.30. The van der Waals surface area contributed by atoms with Gasteiger partial charge in [-0.25, -0.2) is 4.98 Å². The fraction of sp³-hybridized carbons (Fsp3) is 0.692. The molecular weight excluding hydrogens is 317 g/mol. The number of nitrogens with two attached hydrogens (primary N) is 1. The molecule has 1 heterocycles. The summed E-state index contributed by atoms with van der Waals surface area (Å²) < 4.78 is 0. The highest BCUT2D eigenvalue weighted by Crippen LogP contribution is 2.38. The van der Waals surface area contributed by atoms with Crippen LogP contribution < -0.4 is 5.73 Å². The van der Waals surface area contributed by atoms with Crippen molar-refractivity contribution in [3.63, 3.8) is 0 Å². The highest BCUT2D eigenvalue weighted by atomic mass is 35.5. The Morgan fingerprint density at radius 1 is 1.45 bits per heavy atom. The smallest absolute Gasteiger partial charge is 0.230 e. The topological polar surface area (TPSA) is 59.2 Å². The molecule has 0 spiro atoms. The molecule has 0 aromatic carbocycles. The Kier molecular flexibility index (Phi) is 8.03. The lowest BCUT2D eigenvalue weighted by Crippen LogP contribution is -2.44. The van der Waals surface area contributed by atoms with E-state index in [-0.39, 0.29) is 36.1 Å². The first-order valence-electron chi connectivity index (χ1n) is 6.44. The van der Waals surface area contributed by atoms with Crippen molar-refractivity contribution in [2.24, 2.45) is 11.1 Å². The van der Waals surface area contributed by atoms with E-state index in [4.69, 9.17) is 5.73 Å². The number of aromatic nitrogens is 1. The molecule has 2 N–H and O–H groups in total. The molecule has 1 aliphatic rings. The summed E-state index contributed by atoms with van der Waals surface area (Å²) in [5, 5.41) is 1.04. The van der Waals surface area contributed by atoms with Crippen LogP contribution in [-0.4, -0.2) is 29.4 Å². The molecule has 0 aliphatic heterocycles. The van der Waals surface area contributed by atoms with Gasteiger partial charge in [0, 0.05) is 24.7 Å². The van der Waals surface area contributed by atoms with Crippen molar-refractivity contribution in [1.82, 2.24) is 9.88 Å². The molecule has 0 atom stereocenters. The van der Waals surface area contributed by atoms with Gasteiger partial charge in [0.25, 0.3) is 0 Å². The van der Waals surface area contributed by atoms with Crippen LogP contribution in [0.1, 0.15) is 35.6 Å². The van der Waals surface area contributed by atoms with Crippen LogP contribution >= 0.6 is 36.2 Å². The quantitative estimate of drug-likeness (QED) is 0.917. The number of halogens is 2. The summed E-state index contributed by atoms with van der Waals surface area (Å²) in [5.41, 5.74) is 5.55. The van der Waals surface area contributed by atoms with Crippen molar-refractivity contribution in [3.05, 3.63) is 16.1 Å². The fourth-order valence-corrected chi connectivity index (χ4v) is 3.59. The van der Waals surface area contributed by atoms with Crippen molar-refractivity contribution in [2.75, 3.05) is 13.6 Å². The van der Waals surface area contributed by atoms with Crippen LogP contribution in [0.4, 0.5) is 0 Å². The third-order valence-corrected chi connectivity index (χ3v) is 4.71. The van der Waals surface area contributed by atoms with Gasteiger partial charge < -0.3 is 10.6 Å². The van der Waals surface area contributed by atoms with Gasteiger partial charge in [-0.2, -0.15) is 0 Å². The summed E-state index contributed by atoms with van der Waals surface area (Å²) in [6.07, 6.45) is 5.98. The number of carbonyl (C=O) groups excluding carboxylic acids is 1. The summed E-state index contributed by atoms with van der Waals surface area (Å²) >= 11 is 1.65. The number of rotatable bonds is 4. The van der Waals surface area contributed by atoms with Crippen LogP contribution in [0.15, 0.2) is 6.20 Å². The Balaban J connectivity index is 0.00000180. The number of amides is 1. The van der Waals surface area contributed by atoms with Gasteiger partial charge >= 0.3 is 0 Å². The Bertz CT molecular complexity index is 433. The zero-order valence-corrected chi connectivity index (χ0v) is 14.4. The summed E-state index contributed by atoms with van der Waals surface area (Å²) in [4.78, 5) is 19.7. The Morgan fingerprint density at radius 3 is 2.50 bits per heavy atom. The van der Waals surface area contributed by atoms with Gasteiger partial charge in [0.1, 0.15) is 0 Å². The molecule has 20 heavy (non-hydrogen) atoms. The zero-order valence-electron chi connectivity index (χ0n) is 11.9. The standard InChI is InChI=1S/C13H21N3OS.2ClH/c1-10-15-7-11(18-10)8-16(2)12(17)13(9-14)5-3-4-6-13;;/h7H,3-6,8-9,14H2,1-2H3;2*1H. The monoisotopic (exact) mass is 339 g/mol. The minimum absolute atomic E-state index is 0. The molecule has 1 aromatic heterocycles. The van der Waals surface area contributed by atoms with E-state index in [1.165, 1.54) is 0 Å². The molecule has 0 bridgehead atoms. The van der Waals surface area contributed by atoms with Gasteiger partial charge in [0.05, 0.1) is 17.0 Å². The molecular formula is C13H23Cl2N3OS. The first-order valence-corrected chi connectivity index (χ1v) is 7.26. The second-order valence-electron chi connectivity index (χ2n) is 5.20. The van der Waals surface area contributed by atoms with E-state index in [1.54, 1.807) is 11.3 Å². The van der Waals surface area contributed by atoms with Gasteiger partial charge in [-0.05, 0) is 19.8 Å². The molecule has 1 aromatic rings. The number of hydrogen-bond acceptors (Lipinski definition) is 4. The number of hydrogen-bond donors (Lipinski definition) is 1. The summed E-state index contributed by atoms with van der Waals surface area (Å²) in [5.74, 6) is 0.202. The minimum Gasteiger partial charge on any atom is -0.340 e. The molecule has 4 nitrogen and oxygen atoms in total. The lowest BCUT2D eigenvalue weighted by molar-refractivity contribution is -0.140. The van der Waals surface area contributed by atoms with Crippen molar-refractivity contribution in [1.29, 1.82) is 0 Å². The number of carbonyl (C=O) groups is 1. The van der Waals surface area contributed by atoms with E-state index >= 15 is 0 Å². The molecule has 2 rings (SSSR count). The molecule has 1 fully saturated rings. The molecule has 0 saturated heterocycles. The third kappa shape index (κ3) is 4.07. The normalized spacial score (nSPS) is 16.1. The van der Waals surface area contributed by atoms with Crippen molar-refractivity contribution >= 4 is 42.1 Å². The van der Waals surface area contributed by atoms with E-state index in [9.17, 15) is 4.79 Å². The van der Waals surface area contributed by atoms with E-state index < -0.39 is 0 Å². The summed E-state index contributed by atoms with van der Waals surface area (Å²) in [6, 6.07) is 0. The largest absolute Gasteiger partial charge is 0.340 e. The maximum Gasteiger partial charge on any atom is 0.230 e. The van der Waals surface area contributed by atoms with Gasteiger partial charge in [0.15, 0.2) is 0 Å². The Morgan fingerprint density at radius 2 is 2.05 bits per heavy atom. The fourth-order valence-electron chi connectivity index (χ4n) is 2.75. The third-order valence-electron chi connectivity index (χ3n) is 3.81. The van der Waals surface area contributed by atoms with Crippen LogP contribution in [0.3, 0.4) is 0 Å². The molecule has 7 heteroatoms. The molecule has 0 unspecified atom stereocenters. The SMILES string of the molecule is Cc1ncc(CN(C)C(=O)C2(CN)CCCC2)s1.Cl.Cl. The number of nitrogens with zero attached hydrogens (tertiary/aromatic N) is 2. The van der Waals surface area contributed by atoms with Gasteiger partial charge in [-0.3, -0.25) is 4.79 Å². The van der Waals surface area contributed by atoms with Crippen LogP contribution in [0.5, 0.6) is 0 Å². The minimum atomic E-state index is -0.297. The van der Waals surface area contributed by atoms with Crippen molar-refractivity contribution in [2.45, 2.75) is 39.2 Å². The van der Waals surface area contributed by atoms with Crippen LogP contribution in [0.25, 0.3) is 0 Å². The van der Waals surface area contributed by atoms with E-state index in [0.717, 1.165) is 35.6 Å². The number of thiazole rings is 1. The molecule has 116 valence electrons.